The molecule has 9 aliphatic rings. The van der Waals surface area contributed by atoms with Gasteiger partial charge >= 0.3 is 0 Å². The van der Waals surface area contributed by atoms with Crippen molar-refractivity contribution in [1.29, 1.82) is 0 Å². The first kappa shape index (κ1) is 82.0. The smallest absolute Gasteiger partial charge is 0.0825 e. The largest absolute Gasteiger partial charge is 0.393 e. The molecule has 0 radical (unpaired) electrons. The summed E-state index contributed by atoms with van der Waals surface area (Å²) in [6.45, 7) is 38.9. The molecule has 0 aromatic carbocycles. The molecule has 0 spiro atoms. The lowest BCUT2D eigenvalue weighted by Crippen LogP contribution is -2.35. The van der Waals surface area contributed by atoms with Gasteiger partial charge in [-0.2, -0.15) is 0 Å². The van der Waals surface area contributed by atoms with Crippen LogP contribution in [0, 0.1) is 69.5 Å². The van der Waals surface area contributed by atoms with E-state index in [9.17, 15) is 46.0 Å². The van der Waals surface area contributed by atoms with Gasteiger partial charge in [0.05, 0.1) is 53.4 Å². The molecular weight excluding hydrogens is 1220 g/mol. The van der Waals surface area contributed by atoms with Gasteiger partial charge in [0, 0.05) is 19.3 Å². The fraction of sp³-hybridized carbons (Fsp3) is 0.667. The van der Waals surface area contributed by atoms with E-state index in [-0.39, 0.29) is 0 Å². The summed E-state index contributed by atoms with van der Waals surface area (Å²) >= 11 is 0. The van der Waals surface area contributed by atoms with E-state index in [1.807, 2.05) is 78.0 Å². The molecule has 0 heterocycles. The third kappa shape index (κ3) is 20.4. The van der Waals surface area contributed by atoms with Crippen molar-refractivity contribution in [2.75, 3.05) is 0 Å². The quantitative estimate of drug-likeness (QED) is 0.0505. The Hall–Kier alpha value is -4.26. The molecule has 0 aromatic heterocycles. The monoisotopic (exact) mass is 1360 g/mol. The Morgan fingerprint density at radius 2 is 0.626 bits per heavy atom. The van der Waals surface area contributed by atoms with Crippen LogP contribution < -0.4 is 0 Å². The highest BCUT2D eigenvalue weighted by Gasteiger charge is 2.53. The van der Waals surface area contributed by atoms with Crippen molar-refractivity contribution in [2.45, 2.75) is 310 Å². The zero-order chi connectivity index (χ0) is 72.7. The Balaban J connectivity index is 0.000000209. The fourth-order valence-electron chi connectivity index (χ4n) is 20.1. The number of fused-ring (bicyclic) bond motifs is 3. The van der Waals surface area contributed by atoms with E-state index in [1.165, 1.54) is 93.8 Å². The molecule has 552 valence electrons. The van der Waals surface area contributed by atoms with Gasteiger partial charge in [-0.25, -0.2) is 0 Å². The van der Waals surface area contributed by atoms with E-state index >= 15 is 0 Å². The second kappa shape index (κ2) is 36.4. The summed E-state index contributed by atoms with van der Waals surface area (Å²) in [7, 11) is 0. The minimum absolute atomic E-state index is 0.312. The number of aliphatic hydroxyl groups is 9. The molecule has 0 saturated heterocycles. The Morgan fingerprint density at radius 1 is 0.384 bits per heavy atom. The van der Waals surface area contributed by atoms with Crippen LogP contribution in [0.3, 0.4) is 0 Å². The van der Waals surface area contributed by atoms with Crippen molar-refractivity contribution >= 4 is 0 Å². The number of hydrogen-bond acceptors (Lipinski definition) is 9. The zero-order valence-corrected chi connectivity index (χ0v) is 63.8. The third-order valence-electron chi connectivity index (χ3n) is 27.3. The van der Waals surface area contributed by atoms with Gasteiger partial charge in [-0.3, -0.25) is 0 Å². The molecule has 0 aliphatic heterocycles. The molecule has 0 bridgehead atoms. The third-order valence-corrected chi connectivity index (χ3v) is 27.3. The van der Waals surface area contributed by atoms with E-state index in [4.69, 9.17) is 0 Å². The van der Waals surface area contributed by atoms with Crippen molar-refractivity contribution < 1.29 is 46.0 Å². The van der Waals surface area contributed by atoms with E-state index in [2.05, 4.69) is 134 Å². The summed E-state index contributed by atoms with van der Waals surface area (Å²) in [6, 6.07) is 0. The SMILES string of the molecule is C=C1/C(=C\C=C2/CCC[C@]3(C)[C@@H]([C@H](C)/C=C/C=C/C(O)(CC)CC)CC[C@@H]23)C[C@@H](O)C[C@@H]1O.C=C1/C(=C\C=C2/CCC[C@]3(C)[C@@H]([C@H](C)/C=C/C=C/C(O)(CC)CC)CC[C@@H]23)C[C@@H](O)C[C@@H]1O.C=C1/C(=C\C=C2/CCC[C@]3(C)[C@@H]([C@H](C)/C=C/C=C/C(O)(CC)CC)CC[C@@H]23)C[C@@H](O)C[C@@H]1O. The lowest BCUT2D eigenvalue weighted by Gasteiger charge is -2.44. The zero-order valence-electron chi connectivity index (χ0n) is 63.8. The lowest BCUT2D eigenvalue weighted by atomic mass is 9.61. The molecule has 9 saturated carbocycles. The van der Waals surface area contributed by atoms with Crippen molar-refractivity contribution in [3.63, 3.8) is 0 Å². The number of rotatable bonds is 21. The second-order valence-corrected chi connectivity index (χ2v) is 33.2. The first-order valence-electron chi connectivity index (χ1n) is 39.5. The maximum absolute atomic E-state index is 10.5. The summed E-state index contributed by atoms with van der Waals surface area (Å²) in [6.07, 6.45) is 61.0. The molecule has 99 heavy (non-hydrogen) atoms. The molecule has 9 fully saturated rings. The molecule has 18 atom stereocenters. The average Bonchev–Trinajstić information content (AvgIpc) is 1.64. The standard InChI is InChI=1S/3C30H46O3/c3*1-6-30(33,7-2)18-9-8-11-21(3)26-15-16-27-23(12-10-17-29(26,27)5)13-14-24-19-25(31)20-28(32)22(24)4/h3*8-9,11,13-14,18,21,25-28,31-33H,4,6-7,10,12,15-17,19-20H2,1-3,5H3/b3*11-8+,18-9+,23-13+,24-14-/t3*21-,25-,26-,27+,28+,29-/m111/s1. The van der Waals surface area contributed by atoms with Crippen LogP contribution >= 0.6 is 0 Å². The van der Waals surface area contributed by atoms with Gasteiger partial charge < -0.3 is 46.0 Å². The molecule has 9 aliphatic carbocycles. The van der Waals surface area contributed by atoms with Crippen LogP contribution in [0.1, 0.15) is 256 Å². The van der Waals surface area contributed by atoms with Gasteiger partial charge in [0.25, 0.3) is 0 Å². The minimum atomic E-state index is -0.689. The predicted octanol–water partition coefficient (Wildman–Crippen LogP) is 19.3. The minimum Gasteiger partial charge on any atom is -0.393 e. The van der Waals surface area contributed by atoms with Crippen molar-refractivity contribution in [3.05, 3.63) is 179 Å². The Morgan fingerprint density at radius 3 is 0.859 bits per heavy atom. The highest BCUT2D eigenvalue weighted by atomic mass is 16.3. The Labute approximate surface area is 601 Å². The molecule has 0 unspecified atom stereocenters. The topological polar surface area (TPSA) is 182 Å². The number of hydrogen-bond donors (Lipinski definition) is 9. The molecule has 9 heteroatoms. The summed E-state index contributed by atoms with van der Waals surface area (Å²) in [5, 5.41) is 92.0. The first-order valence-corrected chi connectivity index (χ1v) is 39.5. The van der Waals surface area contributed by atoms with E-state index in [0.29, 0.717) is 108 Å². The first-order chi connectivity index (χ1) is 46.9. The molecule has 0 aromatic rings. The van der Waals surface area contributed by atoms with Crippen LogP contribution in [0.4, 0.5) is 0 Å². The van der Waals surface area contributed by atoms with Crippen LogP contribution in [-0.4, -0.2) is 99.4 Å². The summed E-state index contributed by atoms with van der Waals surface area (Å²) in [4.78, 5) is 0. The fourth-order valence-corrected chi connectivity index (χ4v) is 20.1. The number of aliphatic hydroxyl groups excluding tert-OH is 6. The van der Waals surface area contributed by atoms with Crippen LogP contribution in [0.25, 0.3) is 0 Å². The molecule has 9 rings (SSSR count). The predicted molar refractivity (Wildman–Crippen MR) is 413 cm³/mol. The van der Waals surface area contributed by atoms with Crippen molar-refractivity contribution in [1.82, 2.24) is 0 Å². The molecule has 9 N–H and O–H groups in total. The van der Waals surface area contributed by atoms with Gasteiger partial charge in [-0.05, 0) is 257 Å². The Kier molecular flexibility index (Phi) is 30.2. The van der Waals surface area contributed by atoms with E-state index in [1.54, 1.807) is 0 Å². The lowest BCUT2D eigenvalue weighted by molar-refractivity contribution is 0.0824. The number of allylic oxidation sites excluding steroid dienone is 18. The summed E-state index contributed by atoms with van der Waals surface area (Å²) < 4.78 is 0. The van der Waals surface area contributed by atoms with Crippen LogP contribution in [0.2, 0.25) is 0 Å². The van der Waals surface area contributed by atoms with Gasteiger partial charge in [0.2, 0.25) is 0 Å². The second-order valence-electron chi connectivity index (χ2n) is 33.2. The normalized spacial score (nSPS) is 36.9. The van der Waals surface area contributed by atoms with E-state index < -0.39 is 53.4 Å². The average molecular weight is 1360 g/mol. The summed E-state index contributed by atoms with van der Waals surface area (Å²) in [5.74, 6) is 5.31. The van der Waals surface area contributed by atoms with E-state index in [0.717, 1.165) is 91.2 Å². The maximum atomic E-state index is 10.5. The Bertz CT molecular complexity index is 2760. The van der Waals surface area contributed by atoms with Crippen molar-refractivity contribution in [3.8, 4) is 0 Å². The molecule has 0 amide bonds. The van der Waals surface area contributed by atoms with Gasteiger partial charge in [0.1, 0.15) is 0 Å². The molecule has 9 nitrogen and oxygen atoms in total. The van der Waals surface area contributed by atoms with Gasteiger partial charge in [-0.15, -0.1) is 0 Å². The van der Waals surface area contributed by atoms with Crippen LogP contribution in [0.15, 0.2) is 179 Å². The highest BCUT2D eigenvalue weighted by molar-refractivity contribution is 5.41. The maximum Gasteiger partial charge on any atom is 0.0825 e. The highest BCUT2D eigenvalue weighted by Crippen LogP contribution is 2.62. The summed E-state index contributed by atoms with van der Waals surface area (Å²) in [5.41, 5.74) is 8.77. The van der Waals surface area contributed by atoms with Crippen LogP contribution in [-0.2, 0) is 0 Å². The van der Waals surface area contributed by atoms with Crippen molar-refractivity contribution in [2.24, 2.45) is 69.5 Å². The van der Waals surface area contributed by atoms with Crippen LogP contribution in [0.5, 0.6) is 0 Å². The molecular formula is C90H138O9. The van der Waals surface area contributed by atoms with Gasteiger partial charge in [0.15, 0.2) is 0 Å². The van der Waals surface area contributed by atoms with Gasteiger partial charge in [-0.1, -0.05) is 229 Å².